The summed E-state index contributed by atoms with van der Waals surface area (Å²) in [5, 5.41) is 15.0. The van der Waals surface area contributed by atoms with Gasteiger partial charge in [0.25, 0.3) is 0 Å². The third-order valence-corrected chi connectivity index (χ3v) is 6.20. The lowest BCUT2D eigenvalue weighted by Gasteiger charge is -2.06. The number of aryl methyl sites for hydroxylation is 3. The van der Waals surface area contributed by atoms with Crippen LogP contribution in [-0.4, -0.2) is 30.5 Å². The highest BCUT2D eigenvalue weighted by atomic mass is 32.2. The lowest BCUT2D eigenvalue weighted by atomic mass is 10.2. The topological polar surface area (TPSA) is 85.1 Å². The first kappa shape index (κ1) is 19.5. The molecule has 3 aromatic heterocycles. The second kappa shape index (κ2) is 8.30. The van der Waals surface area contributed by atoms with Gasteiger partial charge in [-0.3, -0.25) is 9.20 Å². The molecule has 0 saturated heterocycles. The Hall–Kier alpha value is -2.78. The summed E-state index contributed by atoms with van der Waals surface area (Å²) in [6.45, 7) is 5.86. The molecule has 0 bridgehead atoms. The molecule has 0 spiro atoms. The highest BCUT2D eigenvalue weighted by molar-refractivity contribution is 7.98. The summed E-state index contributed by atoms with van der Waals surface area (Å²) in [5.74, 6) is 1.46. The van der Waals surface area contributed by atoms with Crippen molar-refractivity contribution in [1.29, 1.82) is 0 Å². The Morgan fingerprint density at radius 1 is 1.17 bits per heavy atom. The molecule has 0 unspecified atom stereocenters. The fourth-order valence-corrected chi connectivity index (χ4v) is 4.75. The van der Waals surface area contributed by atoms with Crippen LogP contribution >= 0.6 is 23.1 Å². The van der Waals surface area contributed by atoms with Crippen molar-refractivity contribution in [3.8, 4) is 0 Å². The van der Waals surface area contributed by atoms with E-state index in [4.69, 9.17) is 0 Å². The normalized spacial score (nSPS) is 11.1. The van der Waals surface area contributed by atoms with Crippen LogP contribution in [0.4, 0.5) is 5.69 Å². The molecular formula is C20H20N6OS2. The molecule has 0 aliphatic carbocycles. The maximum atomic E-state index is 12.3. The molecule has 9 heteroatoms. The average Bonchev–Trinajstić information content (AvgIpc) is 3.28. The Morgan fingerprint density at radius 2 is 2.00 bits per heavy atom. The molecule has 0 fully saturated rings. The van der Waals surface area contributed by atoms with Crippen molar-refractivity contribution in [3.05, 3.63) is 63.5 Å². The molecule has 0 saturated carbocycles. The number of hydrogen-bond acceptors (Lipinski definition) is 7. The van der Waals surface area contributed by atoms with Crippen molar-refractivity contribution in [3.63, 3.8) is 0 Å². The zero-order chi connectivity index (χ0) is 20.4. The smallest absolute Gasteiger partial charge is 0.231 e. The maximum Gasteiger partial charge on any atom is 0.231 e. The SMILES string of the molecule is Cc1cc2nnc(SCc3csc(CC(=O)Nc4ccccc4C)n3)n2c(C)n1. The molecule has 0 aliphatic rings. The molecule has 29 heavy (non-hydrogen) atoms. The van der Waals surface area contributed by atoms with Gasteiger partial charge in [-0.2, -0.15) is 0 Å². The summed E-state index contributed by atoms with van der Waals surface area (Å²) in [6.07, 6.45) is 0.264. The van der Waals surface area contributed by atoms with Gasteiger partial charge in [0.05, 0.1) is 12.1 Å². The zero-order valence-corrected chi connectivity index (χ0v) is 18.0. The monoisotopic (exact) mass is 424 g/mol. The Morgan fingerprint density at radius 3 is 2.83 bits per heavy atom. The van der Waals surface area contributed by atoms with Crippen LogP contribution in [0.3, 0.4) is 0 Å². The Bertz CT molecular complexity index is 1180. The molecular weight excluding hydrogens is 404 g/mol. The minimum Gasteiger partial charge on any atom is -0.325 e. The highest BCUT2D eigenvalue weighted by Crippen LogP contribution is 2.24. The second-order valence-corrected chi connectivity index (χ2v) is 8.57. The number of amides is 1. The molecule has 0 aliphatic heterocycles. The van der Waals surface area contributed by atoms with E-state index in [1.165, 1.54) is 11.3 Å². The van der Waals surface area contributed by atoms with Gasteiger partial charge in [0.1, 0.15) is 10.8 Å². The number of hydrogen-bond donors (Lipinski definition) is 1. The van der Waals surface area contributed by atoms with Crippen LogP contribution in [0.5, 0.6) is 0 Å². The van der Waals surface area contributed by atoms with Crippen LogP contribution in [0.15, 0.2) is 40.9 Å². The van der Waals surface area contributed by atoms with Crippen LogP contribution in [0.2, 0.25) is 0 Å². The number of nitrogens with one attached hydrogen (secondary N) is 1. The summed E-state index contributed by atoms with van der Waals surface area (Å²) in [6, 6.07) is 9.65. The maximum absolute atomic E-state index is 12.3. The number of thiazole rings is 1. The van der Waals surface area contributed by atoms with Crippen LogP contribution in [0.1, 0.15) is 27.8 Å². The minimum atomic E-state index is -0.0617. The summed E-state index contributed by atoms with van der Waals surface area (Å²) in [5.41, 5.74) is 4.52. The van der Waals surface area contributed by atoms with E-state index < -0.39 is 0 Å². The van der Waals surface area contributed by atoms with E-state index in [1.807, 2.05) is 60.9 Å². The van der Waals surface area contributed by atoms with Gasteiger partial charge in [0.2, 0.25) is 5.91 Å². The second-order valence-electron chi connectivity index (χ2n) is 6.68. The predicted molar refractivity (Wildman–Crippen MR) is 115 cm³/mol. The summed E-state index contributed by atoms with van der Waals surface area (Å²) in [4.78, 5) is 21.4. The van der Waals surface area contributed by atoms with Gasteiger partial charge in [-0.1, -0.05) is 30.0 Å². The first-order valence-electron chi connectivity index (χ1n) is 9.10. The van der Waals surface area contributed by atoms with Gasteiger partial charge in [0, 0.05) is 28.6 Å². The molecule has 0 radical (unpaired) electrons. The highest BCUT2D eigenvalue weighted by Gasteiger charge is 2.13. The number of para-hydroxylation sites is 1. The van der Waals surface area contributed by atoms with Crippen molar-refractivity contribution in [1.82, 2.24) is 24.6 Å². The lowest BCUT2D eigenvalue weighted by molar-refractivity contribution is -0.115. The van der Waals surface area contributed by atoms with E-state index in [0.717, 1.165) is 44.3 Å². The average molecular weight is 425 g/mol. The summed E-state index contributed by atoms with van der Waals surface area (Å²) < 4.78 is 1.95. The van der Waals surface area contributed by atoms with Crippen molar-refractivity contribution in [2.75, 3.05) is 5.32 Å². The van der Waals surface area contributed by atoms with Gasteiger partial charge in [0.15, 0.2) is 10.8 Å². The lowest BCUT2D eigenvalue weighted by Crippen LogP contribution is -2.15. The van der Waals surface area contributed by atoms with Gasteiger partial charge >= 0.3 is 0 Å². The molecule has 3 heterocycles. The van der Waals surface area contributed by atoms with E-state index in [1.54, 1.807) is 11.8 Å². The number of anilines is 1. The Kier molecular flexibility index (Phi) is 5.59. The Labute approximate surface area is 176 Å². The van der Waals surface area contributed by atoms with Crippen LogP contribution in [-0.2, 0) is 17.0 Å². The number of carbonyl (C=O) groups excluding carboxylic acids is 1. The molecule has 4 aromatic rings. The largest absolute Gasteiger partial charge is 0.325 e. The van der Waals surface area contributed by atoms with Crippen molar-refractivity contribution < 1.29 is 4.79 Å². The van der Waals surface area contributed by atoms with Crippen LogP contribution in [0.25, 0.3) is 5.65 Å². The fourth-order valence-electron chi connectivity index (χ4n) is 2.98. The van der Waals surface area contributed by atoms with E-state index in [0.29, 0.717) is 5.75 Å². The number of benzene rings is 1. The van der Waals surface area contributed by atoms with Gasteiger partial charge < -0.3 is 5.32 Å². The van der Waals surface area contributed by atoms with Gasteiger partial charge in [-0.15, -0.1) is 21.5 Å². The third-order valence-electron chi connectivity index (χ3n) is 4.34. The number of fused-ring (bicyclic) bond motifs is 1. The number of carbonyl (C=O) groups is 1. The molecule has 1 amide bonds. The van der Waals surface area contributed by atoms with E-state index in [2.05, 4.69) is 25.5 Å². The van der Waals surface area contributed by atoms with Crippen LogP contribution < -0.4 is 5.32 Å². The van der Waals surface area contributed by atoms with E-state index >= 15 is 0 Å². The molecule has 1 aromatic carbocycles. The van der Waals surface area contributed by atoms with Crippen molar-refractivity contribution in [2.45, 2.75) is 38.1 Å². The zero-order valence-electron chi connectivity index (χ0n) is 16.3. The Balaban J connectivity index is 1.39. The molecule has 0 atom stereocenters. The number of aromatic nitrogens is 5. The van der Waals surface area contributed by atoms with E-state index in [9.17, 15) is 4.79 Å². The first-order valence-corrected chi connectivity index (χ1v) is 11.0. The van der Waals surface area contributed by atoms with Crippen molar-refractivity contribution >= 4 is 40.3 Å². The number of nitrogens with zero attached hydrogens (tertiary/aromatic N) is 5. The standard InChI is InChI=1S/C20H20N6OS2/c1-12-6-4-5-7-16(12)23-18(27)9-19-22-15(10-28-19)11-29-20-25-24-17-8-13(2)21-14(3)26(17)20/h4-8,10H,9,11H2,1-3H3,(H,23,27). The first-order chi connectivity index (χ1) is 14.0. The number of thioether (sulfide) groups is 1. The quantitative estimate of drug-likeness (QED) is 0.471. The predicted octanol–water partition coefficient (Wildman–Crippen LogP) is 3.98. The summed E-state index contributed by atoms with van der Waals surface area (Å²) >= 11 is 3.06. The number of rotatable bonds is 6. The summed E-state index contributed by atoms with van der Waals surface area (Å²) in [7, 11) is 0. The van der Waals surface area contributed by atoms with Gasteiger partial charge in [-0.05, 0) is 32.4 Å². The third kappa shape index (κ3) is 4.46. The van der Waals surface area contributed by atoms with Gasteiger partial charge in [-0.25, -0.2) is 9.97 Å². The van der Waals surface area contributed by atoms with Crippen LogP contribution in [0, 0.1) is 20.8 Å². The molecule has 4 rings (SSSR count). The fraction of sp³-hybridized carbons (Fsp3) is 0.250. The van der Waals surface area contributed by atoms with Crippen molar-refractivity contribution in [2.24, 2.45) is 0 Å². The molecule has 7 nitrogen and oxygen atoms in total. The molecule has 148 valence electrons. The minimum absolute atomic E-state index is 0.0617. The molecule has 1 N–H and O–H groups in total. The van der Waals surface area contributed by atoms with E-state index in [-0.39, 0.29) is 12.3 Å².